The third-order valence-electron chi connectivity index (χ3n) is 5.43. The molecule has 7 heteroatoms. The maximum absolute atomic E-state index is 12.6. The second-order valence-electron chi connectivity index (χ2n) is 8.54. The molecular weight excluding hydrogens is 410 g/mol. The van der Waals surface area contributed by atoms with E-state index in [0.29, 0.717) is 30.3 Å². The molecule has 0 bridgehead atoms. The van der Waals surface area contributed by atoms with Gasteiger partial charge in [0.2, 0.25) is 5.91 Å². The zero-order chi connectivity index (χ0) is 23.0. The number of carbonyl (C=O) groups excluding carboxylic acids is 1. The van der Waals surface area contributed by atoms with Crippen LogP contribution >= 0.6 is 12.6 Å². The number of hydrogen-bond donors (Lipinski definition) is 3. The van der Waals surface area contributed by atoms with Gasteiger partial charge in [-0.3, -0.25) is 4.79 Å². The van der Waals surface area contributed by atoms with Gasteiger partial charge in [-0.1, -0.05) is 39.3 Å². The maximum Gasteiger partial charge on any atom is 0.335 e. The summed E-state index contributed by atoms with van der Waals surface area (Å²) >= 11 is 4.35. The predicted octanol–water partition coefficient (Wildman–Crippen LogP) is 4.49. The Morgan fingerprint density at radius 3 is 2.61 bits per heavy atom. The van der Waals surface area contributed by atoms with E-state index in [1.165, 1.54) is 0 Å². The molecule has 6 nitrogen and oxygen atoms in total. The van der Waals surface area contributed by atoms with Crippen LogP contribution in [0.5, 0.6) is 0 Å². The minimum Gasteiger partial charge on any atom is -0.478 e. The number of nitrogens with zero attached hydrogens (tertiary/aromatic N) is 2. The number of carboxylic acids is 1. The molecule has 1 heterocycles. The van der Waals surface area contributed by atoms with E-state index in [1.54, 1.807) is 6.07 Å². The number of amides is 1. The highest BCUT2D eigenvalue weighted by molar-refractivity contribution is 7.80. The Morgan fingerprint density at radius 1 is 1.29 bits per heavy atom. The molecule has 0 aliphatic carbocycles. The molecule has 170 valence electrons. The lowest BCUT2D eigenvalue weighted by molar-refractivity contribution is -0.124. The van der Waals surface area contributed by atoms with Gasteiger partial charge in [-0.15, -0.1) is 0 Å². The van der Waals surface area contributed by atoms with Crippen LogP contribution in [0.15, 0.2) is 24.4 Å². The van der Waals surface area contributed by atoms with E-state index in [9.17, 15) is 14.7 Å². The number of carboxylic acid groups (broad SMARTS) is 1. The standard InChI is InChI=1S/C24H35N3O3S/c1-5-6-7-22-25-12-20(13-26-23(28)19(15-31)10-16(2)3)27(22)14-18-8-9-21(24(29)30)17(4)11-18/h8-9,11-12,16,19,31H,5-7,10,13-15H2,1-4H3,(H,26,28)(H,29,30)/t19-/m0/s1. The fourth-order valence-electron chi connectivity index (χ4n) is 3.72. The molecule has 0 fully saturated rings. The summed E-state index contributed by atoms with van der Waals surface area (Å²) in [6.45, 7) is 9.17. The van der Waals surface area contributed by atoms with Crippen molar-refractivity contribution in [2.24, 2.45) is 11.8 Å². The Kier molecular flexibility index (Phi) is 9.62. The number of carbonyl (C=O) groups is 2. The lowest BCUT2D eigenvalue weighted by Gasteiger charge is -2.18. The molecule has 31 heavy (non-hydrogen) atoms. The number of benzene rings is 1. The summed E-state index contributed by atoms with van der Waals surface area (Å²) in [4.78, 5) is 28.6. The number of imidazole rings is 1. The maximum atomic E-state index is 12.6. The molecular formula is C24H35N3O3S. The first-order valence-electron chi connectivity index (χ1n) is 11.0. The molecule has 0 saturated heterocycles. The van der Waals surface area contributed by atoms with Crippen molar-refractivity contribution in [2.75, 3.05) is 5.75 Å². The van der Waals surface area contributed by atoms with Crippen LogP contribution in [0, 0.1) is 18.8 Å². The summed E-state index contributed by atoms with van der Waals surface area (Å²) < 4.78 is 2.14. The molecule has 1 aromatic heterocycles. The van der Waals surface area contributed by atoms with Gasteiger partial charge in [0, 0.05) is 24.6 Å². The van der Waals surface area contributed by atoms with Crippen molar-refractivity contribution in [1.82, 2.24) is 14.9 Å². The summed E-state index contributed by atoms with van der Waals surface area (Å²) in [7, 11) is 0. The first-order valence-corrected chi connectivity index (χ1v) is 11.6. The molecule has 0 saturated carbocycles. The third-order valence-corrected chi connectivity index (χ3v) is 5.87. The Morgan fingerprint density at radius 2 is 2.03 bits per heavy atom. The van der Waals surface area contributed by atoms with E-state index in [4.69, 9.17) is 0 Å². The summed E-state index contributed by atoms with van der Waals surface area (Å²) in [5.41, 5.74) is 3.01. The number of aromatic carboxylic acids is 1. The topological polar surface area (TPSA) is 84.2 Å². The molecule has 2 aromatic rings. The normalized spacial score (nSPS) is 12.2. The highest BCUT2D eigenvalue weighted by atomic mass is 32.1. The van der Waals surface area contributed by atoms with Crippen molar-refractivity contribution in [1.29, 1.82) is 0 Å². The van der Waals surface area contributed by atoms with Gasteiger partial charge in [-0.25, -0.2) is 9.78 Å². The van der Waals surface area contributed by atoms with Gasteiger partial charge in [-0.2, -0.15) is 12.6 Å². The van der Waals surface area contributed by atoms with Gasteiger partial charge in [0.15, 0.2) is 0 Å². The summed E-state index contributed by atoms with van der Waals surface area (Å²) in [5.74, 6) is 0.947. The Hall–Kier alpha value is -2.28. The van der Waals surface area contributed by atoms with E-state index in [0.717, 1.165) is 48.3 Å². The summed E-state index contributed by atoms with van der Waals surface area (Å²) in [6.07, 6.45) is 5.62. The summed E-state index contributed by atoms with van der Waals surface area (Å²) in [5, 5.41) is 12.3. The highest BCUT2D eigenvalue weighted by Crippen LogP contribution is 2.17. The molecule has 0 aliphatic rings. The van der Waals surface area contributed by atoms with E-state index in [-0.39, 0.29) is 11.8 Å². The van der Waals surface area contributed by atoms with Crippen LogP contribution in [-0.4, -0.2) is 32.3 Å². The lowest BCUT2D eigenvalue weighted by atomic mass is 9.98. The molecule has 0 spiro atoms. The predicted molar refractivity (Wildman–Crippen MR) is 127 cm³/mol. The van der Waals surface area contributed by atoms with Crippen LogP contribution in [0.2, 0.25) is 0 Å². The third kappa shape index (κ3) is 7.13. The minimum absolute atomic E-state index is 0.0215. The number of aromatic nitrogens is 2. The van der Waals surface area contributed by atoms with Gasteiger partial charge in [0.1, 0.15) is 5.82 Å². The number of unbranched alkanes of at least 4 members (excludes halogenated alkanes) is 1. The first kappa shape index (κ1) is 25.0. The van der Waals surface area contributed by atoms with E-state index >= 15 is 0 Å². The van der Waals surface area contributed by atoms with Crippen molar-refractivity contribution in [3.63, 3.8) is 0 Å². The molecule has 1 atom stereocenters. The molecule has 1 aromatic carbocycles. The second kappa shape index (κ2) is 11.9. The van der Waals surface area contributed by atoms with Crippen molar-refractivity contribution in [3.8, 4) is 0 Å². The average molecular weight is 446 g/mol. The van der Waals surface area contributed by atoms with Gasteiger partial charge in [0.25, 0.3) is 0 Å². The molecule has 2 N–H and O–H groups in total. The number of thiol groups is 1. The Bertz CT molecular complexity index is 892. The number of hydrogen-bond acceptors (Lipinski definition) is 4. The zero-order valence-corrected chi connectivity index (χ0v) is 19.9. The lowest BCUT2D eigenvalue weighted by Crippen LogP contribution is -2.32. The van der Waals surface area contributed by atoms with Gasteiger partial charge >= 0.3 is 5.97 Å². The monoisotopic (exact) mass is 445 g/mol. The highest BCUT2D eigenvalue weighted by Gasteiger charge is 2.19. The van der Waals surface area contributed by atoms with Gasteiger partial charge in [0.05, 0.1) is 24.0 Å². The van der Waals surface area contributed by atoms with E-state index in [1.807, 2.05) is 25.3 Å². The van der Waals surface area contributed by atoms with Crippen LogP contribution in [0.4, 0.5) is 0 Å². The van der Waals surface area contributed by atoms with Crippen molar-refractivity contribution >= 4 is 24.5 Å². The van der Waals surface area contributed by atoms with E-state index < -0.39 is 5.97 Å². The van der Waals surface area contributed by atoms with Crippen LogP contribution < -0.4 is 5.32 Å². The second-order valence-corrected chi connectivity index (χ2v) is 8.90. The Labute approximate surface area is 190 Å². The molecule has 0 unspecified atom stereocenters. The molecule has 1 amide bonds. The van der Waals surface area contributed by atoms with Crippen molar-refractivity contribution in [3.05, 3.63) is 52.6 Å². The fourth-order valence-corrected chi connectivity index (χ4v) is 4.04. The van der Waals surface area contributed by atoms with Crippen molar-refractivity contribution in [2.45, 2.75) is 66.5 Å². The average Bonchev–Trinajstić information content (AvgIpc) is 3.09. The van der Waals surface area contributed by atoms with Crippen molar-refractivity contribution < 1.29 is 14.7 Å². The first-order chi connectivity index (χ1) is 14.8. The molecule has 2 rings (SSSR count). The minimum atomic E-state index is -0.918. The van der Waals surface area contributed by atoms with Crippen LogP contribution in [-0.2, 0) is 24.3 Å². The Balaban J connectivity index is 2.21. The summed E-state index contributed by atoms with van der Waals surface area (Å²) in [6, 6.07) is 5.41. The molecule has 0 radical (unpaired) electrons. The quantitative estimate of drug-likeness (QED) is 0.420. The van der Waals surface area contributed by atoms with Gasteiger partial charge < -0.3 is 15.0 Å². The SMILES string of the molecule is CCCCc1ncc(CNC(=O)[C@H](CS)CC(C)C)n1Cc1ccc(C(=O)O)c(C)c1. The van der Waals surface area contributed by atoms with Gasteiger partial charge in [-0.05, 0) is 42.9 Å². The number of rotatable bonds is 12. The smallest absolute Gasteiger partial charge is 0.335 e. The van der Waals surface area contributed by atoms with Crippen LogP contribution in [0.1, 0.15) is 73.0 Å². The largest absolute Gasteiger partial charge is 0.478 e. The fraction of sp³-hybridized carbons (Fsp3) is 0.542. The van der Waals surface area contributed by atoms with Crippen LogP contribution in [0.3, 0.4) is 0 Å². The number of nitrogens with one attached hydrogen (secondary N) is 1. The van der Waals surface area contributed by atoms with E-state index in [2.05, 4.69) is 48.3 Å². The molecule has 0 aliphatic heterocycles. The zero-order valence-electron chi connectivity index (χ0n) is 19.0. The number of aryl methyl sites for hydroxylation is 2. The van der Waals surface area contributed by atoms with Crippen LogP contribution in [0.25, 0.3) is 0 Å².